The van der Waals surface area contributed by atoms with Crippen LogP contribution < -0.4 is 10.6 Å². The summed E-state index contributed by atoms with van der Waals surface area (Å²) in [5, 5.41) is 6.06. The molecule has 94 valence electrons. The number of nitrogens with one attached hydrogen (secondary N) is 2. The molecular weight excluding hydrogens is 212 g/mol. The monoisotopic (exact) mass is 234 g/mol. The molecule has 0 spiro atoms. The highest BCUT2D eigenvalue weighted by Gasteiger charge is 2.05. The second-order valence-electron chi connectivity index (χ2n) is 4.48. The molecule has 0 aliphatic carbocycles. The molecule has 0 bridgehead atoms. The average molecular weight is 234 g/mol. The summed E-state index contributed by atoms with van der Waals surface area (Å²) in [4.78, 5) is 11.5. The molecule has 0 fully saturated rings. The molecule has 0 saturated carbocycles. The van der Waals surface area contributed by atoms with Gasteiger partial charge in [-0.1, -0.05) is 24.6 Å². The first kappa shape index (κ1) is 13.6. The van der Waals surface area contributed by atoms with Crippen molar-refractivity contribution in [1.29, 1.82) is 0 Å². The molecule has 1 aromatic carbocycles. The number of carbonyl (C=O) groups is 1. The van der Waals surface area contributed by atoms with Crippen LogP contribution in [0.4, 0.5) is 5.69 Å². The summed E-state index contributed by atoms with van der Waals surface area (Å²) in [6.07, 6.45) is 0.967. The first-order valence-electron chi connectivity index (χ1n) is 6.13. The van der Waals surface area contributed by atoms with Gasteiger partial charge in [0.2, 0.25) is 5.91 Å². The maximum atomic E-state index is 11.5. The standard InChI is InChI=1S/C14H22N2O/c1-5-6-15-13(17)9-16-14-11(3)7-10(2)8-12(14)4/h7-8,16H,5-6,9H2,1-4H3,(H,15,17). The fourth-order valence-corrected chi connectivity index (χ4v) is 1.95. The molecule has 0 radical (unpaired) electrons. The molecule has 1 rings (SSSR count). The van der Waals surface area contributed by atoms with E-state index in [1.54, 1.807) is 0 Å². The number of carbonyl (C=O) groups excluding carboxylic acids is 1. The van der Waals surface area contributed by atoms with Gasteiger partial charge in [-0.3, -0.25) is 4.79 Å². The molecule has 0 atom stereocenters. The minimum absolute atomic E-state index is 0.0474. The molecule has 3 nitrogen and oxygen atoms in total. The maximum absolute atomic E-state index is 11.5. The van der Waals surface area contributed by atoms with Gasteiger partial charge in [-0.05, 0) is 38.3 Å². The van der Waals surface area contributed by atoms with E-state index >= 15 is 0 Å². The molecular formula is C14H22N2O. The fraction of sp³-hybridized carbons (Fsp3) is 0.500. The predicted molar refractivity (Wildman–Crippen MR) is 72.4 cm³/mol. The van der Waals surface area contributed by atoms with Crippen molar-refractivity contribution >= 4 is 11.6 Å². The van der Waals surface area contributed by atoms with Crippen LogP contribution in [0.2, 0.25) is 0 Å². The lowest BCUT2D eigenvalue weighted by atomic mass is 10.1. The smallest absolute Gasteiger partial charge is 0.239 e. The van der Waals surface area contributed by atoms with E-state index in [0.717, 1.165) is 18.7 Å². The van der Waals surface area contributed by atoms with Crippen molar-refractivity contribution in [2.75, 3.05) is 18.4 Å². The number of hydrogen-bond acceptors (Lipinski definition) is 2. The van der Waals surface area contributed by atoms with Crippen molar-refractivity contribution in [3.05, 3.63) is 28.8 Å². The van der Waals surface area contributed by atoms with Crippen molar-refractivity contribution in [3.63, 3.8) is 0 Å². The van der Waals surface area contributed by atoms with Crippen molar-refractivity contribution in [1.82, 2.24) is 5.32 Å². The summed E-state index contributed by atoms with van der Waals surface area (Å²) in [7, 11) is 0. The molecule has 17 heavy (non-hydrogen) atoms. The third kappa shape index (κ3) is 4.10. The van der Waals surface area contributed by atoms with Gasteiger partial charge in [-0.15, -0.1) is 0 Å². The molecule has 1 aromatic rings. The molecule has 0 heterocycles. The first-order chi connectivity index (χ1) is 8.04. The van der Waals surface area contributed by atoms with Crippen molar-refractivity contribution in [2.24, 2.45) is 0 Å². The lowest BCUT2D eigenvalue weighted by Gasteiger charge is -2.13. The highest BCUT2D eigenvalue weighted by atomic mass is 16.1. The van der Waals surface area contributed by atoms with Gasteiger partial charge in [0, 0.05) is 12.2 Å². The van der Waals surface area contributed by atoms with Crippen LogP contribution in [-0.2, 0) is 4.79 Å². The Hall–Kier alpha value is -1.51. The highest BCUT2D eigenvalue weighted by Crippen LogP contribution is 2.21. The van der Waals surface area contributed by atoms with Gasteiger partial charge in [0.25, 0.3) is 0 Å². The minimum atomic E-state index is 0.0474. The van der Waals surface area contributed by atoms with E-state index in [0.29, 0.717) is 6.54 Å². The van der Waals surface area contributed by atoms with E-state index in [9.17, 15) is 4.79 Å². The van der Waals surface area contributed by atoms with Gasteiger partial charge in [-0.25, -0.2) is 0 Å². The predicted octanol–water partition coefficient (Wildman–Crippen LogP) is 2.55. The number of hydrogen-bond donors (Lipinski definition) is 2. The van der Waals surface area contributed by atoms with Crippen LogP contribution in [0, 0.1) is 20.8 Å². The van der Waals surface area contributed by atoms with Crippen molar-refractivity contribution in [2.45, 2.75) is 34.1 Å². The Labute approximate surface area is 104 Å². The Bertz CT molecular complexity index is 376. The second kappa shape index (κ2) is 6.28. The van der Waals surface area contributed by atoms with Gasteiger partial charge in [0.05, 0.1) is 6.54 Å². The molecule has 0 saturated heterocycles. The van der Waals surface area contributed by atoms with E-state index in [2.05, 4.69) is 43.5 Å². The Morgan fingerprint density at radius 2 is 1.76 bits per heavy atom. The zero-order valence-electron chi connectivity index (χ0n) is 11.2. The van der Waals surface area contributed by atoms with E-state index in [1.165, 1.54) is 16.7 Å². The van der Waals surface area contributed by atoms with E-state index in [1.807, 2.05) is 6.92 Å². The van der Waals surface area contributed by atoms with Crippen LogP contribution in [-0.4, -0.2) is 19.0 Å². The highest BCUT2D eigenvalue weighted by molar-refractivity contribution is 5.81. The number of anilines is 1. The Balaban J connectivity index is 2.60. The lowest BCUT2D eigenvalue weighted by Crippen LogP contribution is -2.30. The summed E-state index contributed by atoms with van der Waals surface area (Å²) in [5.74, 6) is 0.0474. The van der Waals surface area contributed by atoms with Gasteiger partial charge >= 0.3 is 0 Å². The molecule has 3 heteroatoms. The van der Waals surface area contributed by atoms with E-state index in [4.69, 9.17) is 0 Å². The van der Waals surface area contributed by atoms with Crippen LogP contribution in [0.1, 0.15) is 30.0 Å². The zero-order valence-corrected chi connectivity index (χ0v) is 11.2. The average Bonchev–Trinajstić information content (AvgIpc) is 2.24. The summed E-state index contributed by atoms with van der Waals surface area (Å²) in [5.41, 5.74) is 4.69. The van der Waals surface area contributed by atoms with Crippen LogP contribution >= 0.6 is 0 Å². The third-order valence-electron chi connectivity index (χ3n) is 2.67. The summed E-state index contributed by atoms with van der Waals surface area (Å²) in [6.45, 7) is 9.33. The number of aryl methyl sites for hydroxylation is 3. The third-order valence-corrected chi connectivity index (χ3v) is 2.67. The largest absolute Gasteiger partial charge is 0.376 e. The molecule has 1 amide bonds. The quantitative estimate of drug-likeness (QED) is 0.822. The lowest BCUT2D eigenvalue weighted by molar-refractivity contribution is -0.119. The summed E-state index contributed by atoms with van der Waals surface area (Å²) in [6, 6.07) is 4.25. The van der Waals surface area contributed by atoms with Crippen LogP contribution in [0.5, 0.6) is 0 Å². The van der Waals surface area contributed by atoms with Gasteiger partial charge in [-0.2, -0.15) is 0 Å². The van der Waals surface area contributed by atoms with Crippen LogP contribution in [0.25, 0.3) is 0 Å². The van der Waals surface area contributed by atoms with Gasteiger partial charge < -0.3 is 10.6 Å². The normalized spacial score (nSPS) is 10.1. The molecule has 0 aliphatic rings. The van der Waals surface area contributed by atoms with Crippen LogP contribution in [0.15, 0.2) is 12.1 Å². The molecule has 0 aromatic heterocycles. The van der Waals surface area contributed by atoms with Gasteiger partial charge in [0.15, 0.2) is 0 Å². The first-order valence-corrected chi connectivity index (χ1v) is 6.13. The van der Waals surface area contributed by atoms with Crippen molar-refractivity contribution < 1.29 is 4.79 Å². The van der Waals surface area contributed by atoms with E-state index in [-0.39, 0.29) is 5.91 Å². The Morgan fingerprint density at radius 1 is 1.18 bits per heavy atom. The molecule has 0 unspecified atom stereocenters. The van der Waals surface area contributed by atoms with Crippen LogP contribution in [0.3, 0.4) is 0 Å². The Kier molecular flexibility index (Phi) is 5.01. The SMILES string of the molecule is CCCNC(=O)CNc1c(C)cc(C)cc1C. The van der Waals surface area contributed by atoms with E-state index < -0.39 is 0 Å². The minimum Gasteiger partial charge on any atom is -0.376 e. The summed E-state index contributed by atoms with van der Waals surface area (Å²) >= 11 is 0. The number of rotatable bonds is 5. The maximum Gasteiger partial charge on any atom is 0.239 e. The summed E-state index contributed by atoms with van der Waals surface area (Å²) < 4.78 is 0. The fourth-order valence-electron chi connectivity index (χ4n) is 1.95. The Morgan fingerprint density at radius 3 is 2.29 bits per heavy atom. The molecule has 0 aliphatic heterocycles. The number of amides is 1. The van der Waals surface area contributed by atoms with Crippen molar-refractivity contribution in [3.8, 4) is 0 Å². The molecule has 2 N–H and O–H groups in total. The van der Waals surface area contributed by atoms with Gasteiger partial charge in [0.1, 0.15) is 0 Å². The number of benzene rings is 1. The topological polar surface area (TPSA) is 41.1 Å². The second-order valence-corrected chi connectivity index (χ2v) is 4.48. The zero-order chi connectivity index (χ0) is 12.8.